The van der Waals surface area contributed by atoms with E-state index in [1.807, 2.05) is 30.3 Å². The molecule has 0 aliphatic heterocycles. The average Bonchev–Trinajstić information content (AvgIpc) is 2.60. The van der Waals surface area contributed by atoms with E-state index in [9.17, 15) is 9.90 Å². The van der Waals surface area contributed by atoms with Crippen LogP contribution in [0.1, 0.15) is 36.8 Å². The monoisotopic (exact) mass is 339 g/mol. The van der Waals surface area contributed by atoms with Crippen LogP contribution in [0.25, 0.3) is 0 Å². The molecule has 0 saturated heterocycles. The molecule has 132 valence electrons. The van der Waals surface area contributed by atoms with E-state index in [1.54, 1.807) is 38.1 Å². The molecular formula is C21H25NO3. The van der Waals surface area contributed by atoms with E-state index in [2.05, 4.69) is 12.1 Å². The lowest BCUT2D eigenvalue weighted by atomic mass is 9.74. The third-order valence-electron chi connectivity index (χ3n) is 5.30. The first kappa shape index (κ1) is 17.5. The van der Waals surface area contributed by atoms with Gasteiger partial charge in [0.2, 0.25) is 0 Å². The van der Waals surface area contributed by atoms with E-state index < -0.39 is 5.60 Å². The number of aliphatic hydroxyl groups is 1. The third kappa shape index (κ3) is 3.40. The predicted octanol–water partition coefficient (Wildman–Crippen LogP) is 3.31. The van der Waals surface area contributed by atoms with Gasteiger partial charge < -0.3 is 14.7 Å². The highest BCUT2D eigenvalue weighted by Gasteiger charge is 2.41. The summed E-state index contributed by atoms with van der Waals surface area (Å²) in [6, 6.07) is 17.4. The number of benzene rings is 2. The Balaban J connectivity index is 1.65. The third-order valence-corrected chi connectivity index (χ3v) is 5.30. The number of carbonyl (C=O) groups is 1. The molecule has 25 heavy (non-hydrogen) atoms. The van der Waals surface area contributed by atoms with Gasteiger partial charge in [0, 0.05) is 13.1 Å². The molecule has 1 fully saturated rings. The van der Waals surface area contributed by atoms with Gasteiger partial charge >= 0.3 is 0 Å². The summed E-state index contributed by atoms with van der Waals surface area (Å²) in [4.78, 5) is 14.5. The first-order chi connectivity index (χ1) is 11.9. The number of methoxy groups -OCH3 is 1. The summed E-state index contributed by atoms with van der Waals surface area (Å²) in [5.74, 6) is 1.03. The second-order valence-corrected chi connectivity index (χ2v) is 6.95. The maximum Gasteiger partial charge on any atom is 0.258 e. The van der Waals surface area contributed by atoms with Crippen LogP contribution in [0.3, 0.4) is 0 Å². The summed E-state index contributed by atoms with van der Waals surface area (Å²) >= 11 is 0. The molecule has 1 aliphatic carbocycles. The molecule has 1 atom stereocenters. The fourth-order valence-electron chi connectivity index (χ4n) is 3.47. The lowest BCUT2D eigenvalue weighted by Gasteiger charge is -2.43. The maximum absolute atomic E-state index is 12.8. The van der Waals surface area contributed by atoms with Crippen LogP contribution in [-0.4, -0.2) is 36.1 Å². The van der Waals surface area contributed by atoms with Crippen LogP contribution in [0, 0.1) is 0 Å². The van der Waals surface area contributed by atoms with Crippen molar-refractivity contribution in [2.24, 2.45) is 0 Å². The van der Waals surface area contributed by atoms with E-state index in [1.165, 1.54) is 5.56 Å². The highest BCUT2D eigenvalue weighted by molar-refractivity contribution is 5.86. The number of hydrogen-bond donors (Lipinski definition) is 1. The molecule has 0 radical (unpaired) electrons. The number of ether oxygens (including phenoxy) is 1. The van der Waals surface area contributed by atoms with Gasteiger partial charge in [-0.3, -0.25) is 4.79 Å². The van der Waals surface area contributed by atoms with Crippen molar-refractivity contribution in [1.29, 1.82) is 0 Å². The predicted molar refractivity (Wildman–Crippen MR) is 97.5 cm³/mol. The number of hydrogen-bond acceptors (Lipinski definition) is 3. The van der Waals surface area contributed by atoms with E-state index in [0.29, 0.717) is 11.5 Å². The molecule has 1 amide bonds. The Kier molecular flexibility index (Phi) is 4.82. The van der Waals surface area contributed by atoms with Gasteiger partial charge in [-0.15, -0.1) is 0 Å². The molecule has 4 nitrogen and oxygen atoms in total. The first-order valence-corrected chi connectivity index (χ1v) is 8.62. The van der Waals surface area contributed by atoms with Gasteiger partial charge in [0.25, 0.3) is 5.91 Å². The minimum atomic E-state index is -1.50. The van der Waals surface area contributed by atoms with Gasteiger partial charge in [0.05, 0.1) is 7.11 Å². The van der Waals surface area contributed by atoms with E-state index >= 15 is 0 Å². The summed E-state index contributed by atoms with van der Waals surface area (Å²) in [5.41, 5.74) is 0.360. The number of likely N-dealkylation sites (N-methyl/N-ethyl adjacent to an activating group) is 1. The zero-order valence-corrected chi connectivity index (χ0v) is 15.0. The molecule has 1 aliphatic rings. The number of amides is 1. The molecule has 2 aromatic carbocycles. The van der Waals surface area contributed by atoms with Gasteiger partial charge in [-0.25, -0.2) is 0 Å². The molecule has 0 spiro atoms. The number of carbonyl (C=O) groups excluding carboxylic acids is 1. The van der Waals surface area contributed by atoms with Crippen LogP contribution in [0.2, 0.25) is 0 Å². The first-order valence-electron chi connectivity index (χ1n) is 8.62. The fourth-order valence-corrected chi connectivity index (χ4v) is 3.47. The van der Waals surface area contributed by atoms with Crippen molar-refractivity contribution in [2.75, 3.05) is 14.2 Å². The van der Waals surface area contributed by atoms with Crippen LogP contribution >= 0.6 is 0 Å². The maximum atomic E-state index is 12.8. The smallest absolute Gasteiger partial charge is 0.258 e. The van der Waals surface area contributed by atoms with E-state index in [0.717, 1.165) is 18.6 Å². The Labute approximate surface area is 149 Å². The van der Waals surface area contributed by atoms with Crippen molar-refractivity contribution >= 4 is 5.91 Å². The lowest BCUT2D eigenvalue weighted by molar-refractivity contribution is -0.153. The molecule has 0 unspecified atom stereocenters. The van der Waals surface area contributed by atoms with Gasteiger partial charge in [-0.1, -0.05) is 42.5 Å². The van der Waals surface area contributed by atoms with Crippen molar-refractivity contribution in [3.8, 4) is 5.75 Å². The van der Waals surface area contributed by atoms with Crippen LogP contribution in [0.4, 0.5) is 0 Å². The minimum absolute atomic E-state index is 0.152. The molecule has 0 bridgehead atoms. The van der Waals surface area contributed by atoms with Gasteiger partial charge in [-0.05, 0) is 48.9 Å². The van der Waals surface area contributed by atoms with Crippen LogP contribution in [0.5, 0.6) is 5.75 Å². The lowest BCUT2D eigenvalue weighted by Crippen LogP contribution is -2.51. The summed E-state index contributed by atoms with van der Waals surface area (Å²) in [6.45, 7) is 1.57. The summed E-state index contributed by atoms with van der Waals surface area (Å²) < 4.78 is 5.28. The summed E-state index contributed by atoms with van der Waals surface area (Å²) in [5, 5.41) is 10.7. The Bertz CT molecular complexity index is 736. The van der Waals surface area contributed by atoms with Crippen molar-refractivity contribution in [3.63, 3.8) is 0 Å². The normalized spacial score (nSPS) is 21.8. The molecule has 4 heteroatoms. The summed E-state index contributed by atoms with van der Waals surface area (Å²) in [6.07, 6.45) is 1.81. The fraction of sp³-hybridized carbons (Fsp3) is 0.381. The van der Waals surface area contributed by atoms with Crippen LogP contribution in [0.15, 0.2) is 54.6 Å². The van der Waals surface area contributed by atoms with Crippen LogP contribution < -0.4 is 4.74 Å². The molecule has 2 aromatic rings. The Hall–Kier alpha value is -2.33. The Morgan fingerprint density at radius 1 is 1.16 bits per heavy atom. The van der Waals surface area contributed by atoms with Crippen molar-refractivity contribution < 1.29 is 14.6 Å². The molecule has 0 aromatic heterocycles. The molecule has 1 N–H and O–H groups in total. The molecular weight excluding hydrogens is 314 g/mol. The topological polar surface area (TPSA) is 49.8 Å². The highest BCUT2D eigenvalue weighted by atomic mass is 16.5. The van der Waals surface area contributed by atoms with Crippen molar-refractivity contribution in [3.05, 3.63) is 65.7 Å². The van der Waals surface area contributed by atoms with Gasteiger partial charge in [-0.2, -0.15) is 0 Å². The second-order valence-electron chi connectivity index (χ2n) is 6.95. The molecule has 1 saturated carbocycles. The van der Waals surface area contributed by atoms with Gasteiger partial charge in [0.15, 0.2) is 5.60 Å². The van der Waals surface area contributed by atoms with E-state index in [-0.39, 0.29) is 11.9 Å². The van der Waals surface area contributed by atoms with Crippen LogP contribution in [-0.2, 0) is 10.4 Å². The van der Waals surface area contributed by atoms with Gasteiger partial charge in [0.1, 0.15) is 5.75 Å². The standard InChI is InChI=1S/C21H25NO3/c1-21(24,17-9-5-4-6-10-17)20(23)22(2)18-12-16(13-18)15-8-7-11-19(14-15)25-3/h4-11,14,16,18,24H,12-13H2,1-3H3/t16?,18?,21-/m0/s1. The van der Waals surface area contributed by atoms with Crippen molar-refractivity contribution in [1.82, 2.24) is 4.90 Å². The number of nitrogens with zero attached hydrogens (tertiary/aromatic N) is 1. The van der Waals surface area contributed by atoms with Crippen molar-refractivity contribution in [2.45, 2.75) is 37.3 Å². The SMILES string of the molecule is COc1cccc(C2CC(N(C)C(=O)[C@@](C)(O)c3ccccc3)C2)c1. The van der Waals surface area contributed by atoms with E-state index in [4.69, 9.17) is 4.74 Å². The molecule has 3 rings (SSSR count). The quantitative estimate of drug-likeness (QED) is 0.909. The molecule has 0 heterocycles. The minimum Gasteiger partial charge on any atom is -0.497 e. The second kappa shape index (κ2) is 6.89. The number of rotatable bonds is 5. The Morgan fingerprint density at radius 3 is 2.48 bits per heavy atom. The zero-order valence-electron chi connectivity index (χ0n) is 15.0. The largest absolute Gasteiger partial charge is 0.497 e. The average molecular weight is 339 g/mol. The summed E-state index contributed by atoms with van der Waals surface area (Å²) in [7, 11) is 3.45. The highest BCUT2D eigenvalue weighted by Crippen LogP contribution is 2.41. The Morgan fingerprint density at radius 2 is 1.84 bits per heavy atom. The zero-order chi connectivity index (χ0) is 18.0.